The molecular formula is C23H40O4. The van der Waals surface area contributed by atoms with Crippen LogP contribution in [0.1, 0.15) is 110 Å². The first-order valence-electron chi connectivity index (χ1n) is 11.3. The molecule has 2 aliphatic carbocycles. The average Bonchev–Trinajstić information content (AvgIpc) is 2.64. The van der Waals surface area contributed by atoms with Crippen molar-refractivity contribution < 1.29 is 19.8 Å². The van der Waals surface area contributed by atoms with Crippen LogP contribution in [0.3, 0.4) is 0 Å². The third kappa shape index (κ3) is 4.68. The summed E-state index contributed by atoms with van der Waals surface area (Å²) < 4.78 is 0. The molecule has 156 valence electrons. The number of rotatable bonds is 10. The van der Waals surface area contributed by atoms with Gasteiger partial charge in [-0.2, -0.15) is 0 Å². The Labute approximate surface area is 165 Å². The third-order valence-electron chi connectivity index (χ3n) is 7.51. The molecule has 0 radical (unpaired) electrons. The summed E-state index contributed by atoms with van der Waals surface area (Å²) in [6.45, 7) is 4.46. The number of carboxylic acids is 2. The fraction of sp³-hybridized carbons (Fsp3) is 0.913. The largest absolute Gasteiger partial charge is 0.481 e. The van der Waals surface area contributed by atoms with Gasteiger partial charge in [0.05, 0.1) is 10.8 Å². The second-order valence-corrected chi connectivity index (χ2v) is 9.55. The number of carbonyl (C=O) groups is 2. The summed E-state index contributed by atoms with van der Waals surface area (Å²) >= 11 is 0. The van der Waals surface area contributed by atoms with Gasteiger partial charge in [0.2, 0.25) is 0 Å². The van der Waals surface area contributed by atoms with E-state index in [-0.39, 0.29) is 5.92 Å². The van der Waals surface area contributed by atoms with Gasteiger partial charge in [-0.25, -0.2) is 0 Å². The molecule has 0 aromatic carbocycles. The Morgan fingerprint density at radius 3 is 2.07 bits per heavy atom. The minimum atomic E-state index is -1.07. The third-order valence-corrected chi connectivity index (χ3v) is 7.51. The van der Waals surface area contributed by atoms with Crippen LogP contribution in [-0.4, -0.2) is 22.2 Å². The second kappa shape index (κ2) is 9.93. The zero-order chi connectivity index (χ0) is 19.9. The van der Waals surface area contributed by atoms with Gasteiger partial charge in [-0.05, 0) is 43.9 Å². The maximum absolute atomic E-state index is 12.6. The van der Waals surface area contributed by atoms with E-state index in [9.17, 15) is 19.8 Å². The van der Waals surface area contributed by atoms with Gasteiger partial charge in [0.25, 0.3) is 0 Å². The van der Waals surface area contributed by atoms with Crippen LogP contribution in [0, 0.1) is 22.7 Å². The minimum Gasteiger partial charge on any atom is -0.481 e. The summed E-state index contributed by atoms with van der Waals surface area (Å²) in [6, 6.07) is 0. The SMILES string of the molecule is CC(C)CCCCCCC1(C(=O)O)CCCCC1(C(=O)O)C1CCCCC1. The minimum absolute atomic E-state index is 0.0288. The van der Waals surface area contributed by atoms with Crippen molar-refractivity contribution in [1.82, 2.24) is 0 Å². The number of carboxylic acid groups (broad SMARTS) is 2. The first kappa shape index (κ1) is 22.2. The first-order chi connectivity index (χ1) is 12.9. The zero-order valence-electron chi connectivity index (χ0n) is 17.5. The highest BCUT2D eigenvalue weighted by Gasteiger charge is 2.64. The lowest BCUT2D eigenvalue weighted by molar-refractivity contribution is -0.190. The van der Waals surface area contributed by atoms with Crippen LogP contribution in [0.4, 0.5) is 0 Å². The van der Waals surface area contributed by atoms with E-state index in [1.54, 1.807) is 0 Å². The Hall–Kier alpha value is -1.06. The van der Waals surface area contributed by atoms with E-state index in [2.05, 4.69) is 13.8 Å². The molecule has 2 atom stereocenters. The van der Waals surface area contributed by atoms with E-state index in [4.69, 9.17) is 0 Å². The summed E-state index contributed by atoms with van der Waals surface area (Å²) in [5.41, 5.74) is -2.13. The molecule has 0 saturated heterocycles. The Bertz CT molecular complexity index is 495. The van der Waals surface area contributed by atoms with Gasteiger partial charge < -0.3 is 10.2 Å². The molecule has 2 N–H and O–H groups in total. The van der Waals surface area contributed by atoms with Crippen molar-refractivity contribution in [2.75, 3.05) is 0 Å². The Morgan fingerprint density at radius 2 is 1.48 bits per heavy atom. The molecule has 4 heteroatoms. The number of hydrogen-bond donors (Lipinski definition) is 2. The smallest absolute Gasteiger partial charge is 0.311 e. The number of unbranched alkanes of at least 4 members (excludes halogenated alkanes) is 3. The predicted molar refractivity (Wildman–Crippen MR) is 108 cm³/mol. The standard InChI is InChI=1S/C23H40O4/c1-18(2)12-6-3-4-9-15-22(20(24)25)16-10-11-17-23(22,21(26)27)19-13-7-5-8-14-19/h18-19H,3-17H2,1-2H3,(H,24,25)(H,26,27). The summed E-state index contributed by atoms with van der Waals surface area (Å²) in [5.74, 6) is -0.950. The molecule has 0 amide bonds. The van der Waals surface area contributed by atoms with Crippen molar-refractivity contribution >= 4 is 11.9 Å². The predicted octanol–water partition coefficient (Wildman–Crippen LogP) is 6.28. The van der Waals surface area contributed by atoms with Crippen molar-refractivity contribution in [3.05, 3.63) is 0 Å². The maximum Gasteiger partial charge on any atom is 0.311 e. The van der Waals surface area contributed by atoms with Gasteiger partial charge in [0, 0.05) is 0 Å². The highest BCUT2D eigenvalue weighted by Crippen LogP contribution is 2.60. The van der Waals surface area contributed by atoms with Gasteiger partial charge in [-0.15, -0.1) is 0 Å². The van der Waals surface area contributed by atoms with Crippen molar-refractivity contribution in [2.45, 2.75) is 110 Å². The van der Waals surface area contributed by atoms with Crippen LogP contribution in [0.25, 0.3) is 0 Å². The molecule has 2 aliphatic rings. The molecule has 0 bridgehead atoms. The molecule has 2 saturated carbocycles. The Kier molecular flexibility index (Phi) is 8.18. The molecule has 0 aliphatic heterocycles. The van der Waals surface area contributed by atoms with Gasteiger partial charge in [-0.3, -0.25) is 9.59 Å². The fourth-order valence-corrected chi connectivity index (χ4v) is 6.06. The van der Waals surface area contributed by atoms with Crippen LogP contribution < -0.4 is 0 Å². The Balaban J connectivity index is 2.18. The van der Waals surface area contributed by atoms with Gasteiger partial charge in [0.1, 0.15) is 0 Å². The highest BCUT2D eigenvalue weighted by molar-refractivity contribution is 5.87. The molecule has 0 heterocycles. The molecule has 27 heavy (non-hydrogen) atoms. The molecule has 0 aromatic heterocycles. The lowest BCUT2D eigenvalue weighted by Gasteiger charge is -2.53. The van der Waals surface area contributed by atoms with Crippen molar-refractivity contribution in [3.8, 4) is 0 Å². The van der Waals surface area contributed by atoms with Gasteiger partial charge in [0.15, 0.2) is 0 Å². The molecule has 4 nitrogen and oxygen atoms in total. The van der Waals surface area contributed by atoms with Crippen molar-refractivity contribution in [2.24, 2.45) is 22.7 Å². The summed E-state index contributed by atoms with van der Waals surface area (Å²) in [4.78, 5) is 25.2. The van der Waals surface area contributed by atoms with Crippen LogP contribution in [0.15, 0.2) is 0 Å². The molecule has 2 fully saturated rings. The van der Waals surface area contributed by atoms with Gasteiger partial charge in [-0.1, -0.05) is 78.1 Å². The monoisotopic (exact) mass is 380 g/mol. The molecule has 2 unspecified atom stereocenters. The molecule has 0 aromatic rings. The highest BCUT2D eigenvalue weighted by atomic mass is 16.4. The van der Waals surface area contributed by atoms with Crippen molar-refractivity contribution in [3.63, 3.8) is 0 Å². The van der Waals surface area contributed by atoms with Crippen LogP contribution in [-0.2, 0) is 9.59 Å². The van der Waals surface area contributed by atoms with E-state index < -0.39 is 22.8 Å². The van der Waals surface area contributed by atoms with E-state index in [1.807, 2.05) is 0 Å². The van der Waals surface area contributed by atoms with E-state index in [1.165, 1.54) is 12.8 Å². The van der Waals surface area contributed by atoms with Crippen LogP contribution >= 0.6 is 0 Å². The maximum atomic E-state index is 12.6. The topological polar surface area (TPSA) is 74.6 Å². The second-order valence-electron chi connectivity index (χ2n) is 9.55. The number of aliphatic carboxylic acids is 2. The fourth-order valence-electron chi connectivity index (χ4n) is 6.06. The summed E-state index contributed by atoms with van der Waals surface area (Å²) in [5, 5.41) is 20.7. The molecular weight excluding hydrogens is 340 g/mol. The van der Waals surface area contributed by atoms with E-state index >= 15 is 0 Å². The quantitative estimate of drug-likeness (QED) is 0.437. The molecule has 0 spiro atoms. The average molecular weight is 381 g/mol. The number of hydrogen-bond acceptors (Lipinski definition) is 2. The lowest BCUT2D eigenvalue weighted by atomic mass is 9.47. The first-order valence-corrected chi connectivity index (χ1v) is 11.3. The zero-order valence-corrected chi connectivity index (χ0v) is 17.5. The summed E-state index contributed by atoms with van der Waals surface area (Å²) in [7, 11) is 0. The van der Waals surface area contributed by atoms with Crippen molar-refractivity contribution in [1.29, 1.82) is 0 Å². The van der Waals surface area contributed by atoms with Gasteiger partial charge >= 0.3 is 11.9 Å². The van der Waals surface area contributed by atoms with E-state index in [0.29, 0.717) is 25.2 Å². The van der Waals surface area contributed by atoms with Crippen LogP contribution in [0.5, 0.6) is 0 Å². The lowest BCUT2D eigenvalue weighted by Crippen LogP contribution is -2.58. The van der Waals surface area contributed by atoms with Crippen LogP contribution in [0.2, 0.25) is 0 Å². The van der Waals surface area contributed by atoms with E-state index in [0.717, 1.165) is 64.2 Å². The summed E-state index contributed by atoms with van der Waals surface area (Å²) in [6.07, 6.45) is 13.7. The normalized spacial score (nSPS) is 29.7. The Morgan fingerprint density at radius 1 is 0.852 bits per heavy atom. The molecule has 2 rings (SSSR count).